The molecule has 1 aliphatic heterocycles. The van der Waals surface area contributed by atoms with Crippen LogP contribution in [0.4, 0.5) is 0 Å². The van der Waals surface area contributed by atoms with E-state index in [0.29, 0.717) is 23.8 Å². The van der Waals surface area contributed by atoms with Gasteiger partial charge in [0.25, 0.3) is 0 Å². The highest BCUT2D eigenvalue weighted by molar-refractivity contribution is 6.04. The Bertz CT molecular complexity index is 528. The quantitative estimate of drug-likeness (QED) is 0.557. The number of dihydropyridines is 1. The molecule has 3 aliphatic rings. The molecular formula is C23H39N. The number of hydrogen-bond acceptors (Lipinski definition) is 1. The summed E-state index contributed by atoms with van der Waals surface area (Å²) in [6.07, 6.45) is 6.79. The summed E-state index contributed by atoms with van der Waals surface area (Å²) in [5.74, 6) is 5.28. The van der Waals surface area contributed by atoms with Crippen molar-refractivity contribution in [1.82, 2.24) is 0 Å². The van der Waals surface area contributed by atoms with Gasteiger partial charge >= 0.3 is 0 Å². The van der Waals surface area contributed by atoms with Crippen LogP contribution < -0.4 is 0 Å². The third-order valence-corrected chi connectivity index (χ3v) is 8.23. The zero-order chi connectivity index (χ0) is 17.6. The molecule has 8 unspecified atom stereocenters. The molecule has 0 aromatic carbocycles. The van der Waals surface area contributed by atoms with Crippen molar-refractivity contribution in [2.75, 3.05) is 0 Å². The van der Waals surface area contributed by atoms with Crippen LogP contribution in [0.1, 0.15) is 80.6 Å². The van der Waals surface area contributed by atoms with Crippen molar-refractivity contribution < 1.29 is 0 Å². The van der Waals surface area contributed by atoms with Crippen molar-refractivity contribution in [3.63, 3.8) is 0 Å². The molecule has 136 valence electrons. The first-order chi connectivity index (χ1) is 11.4. The molecule has 0 spiro atoms. The predicted molar refractivity (Wildman–Crippen MR) is 105 cm³/mol. The van der Waals surface area contributed by atoms with Gasteiger partial charge in [-0.25, -0.2) is 0 Å². The summed E-state index contributed by atoms with van der Waals surface area (Å²) in [6, 6.07) is 0.561. The Morgan fingerprint density at radius 3 is 2.21 bits per heavy atom. The molecule has 2 aliphatic carbocycles. The Balaban J connectivity index is 2.03. The molecule has 2 saturated carbocycles. The van der Waals surface area contributed by atoms with Gasteiger partial charge in [0.15, 0.2) is 0 Å². The fourth-order valence-electron chi connectivity index (χ4n) is 6.57. The molecule has 0 amide bonds. The van der Waals surface area contributed by atoms with Crippen LogP contribution in [0.5, 0.6) is 0 Å². The van der Waals surface area contributed by atoms with Crippen molar-refractivity contribution in [1.29, 1.82) is 0 Å². The monoisotopic (exact) mass is 329 g/mol. The summed E-state index contributed by atoms with van der Waals surface area (Å²) in [7, 11) is 0. The molecule has 0 aromatic heterocycles. The van der Waals surface area contributed by atoms with E-state index in [1.165, 1.54) is 37.8 Å². The van der Waals surface area contributed by atoms with Crippen molar-refractivity contribution in [2.24, 2.45) is 46.4 Å². The fraction of sp³-hybridized carbons (Fsp3) is 0.870. The molecule has 1 heterocycles. The number of allylic oxidation sites excluding steroid dienone is 1. The zero-order valence-corrected chi connectivity index (χ0v) is 17.1. The van der Waals surface area contributed by atoms with E-state index in [-0.39, 0.29) is 0 Å². The normalized spacial score (nSPS) is 46.0. The summed E-state index contributed by atoms with van der Waals surface area (Å²) < 4.78 is 0. The van der Waals surface area contributed by atoms with Gasteiger partial charge in [-0.05, 0) is 54.9 Å². The molecule has 0 saturated heterocycles. The van der Waals surface area contributed by atoms with Gasteiger partial charge in [0, 0.05) is 17.5 Å². The molecule has 2 fully saturated rings. The van der Waals surface area contributed by atoms with Crippen LogP contribution in [0.2, 0.25) is 0 Å². The van der Waals surface area contributed by atoms with E-state index in [9.17, 15) is 0 Å². The lowest BCUT2D eigenvalue weighted by Gasteiger charge is -2.47. The minimum atomic E-state index is 0.561. The first kappa shape index (κ1) is 18.2. The maximum absolute atomic E-state index is 5.55. The summed E-state index contributed by atoms with van der Waals surface area (Å²) in [6.45, 7) is 17.1. The van der Waals surface area contributed by atoms with E-state index < -0.39 is 0 Å². The lowest BCUT2D eigenvalue weighted by molar-refractivity contribution is 0.212. The van der Waals surface area contributed by atoms with Gasteiger partial charge in [-0.3, -0.25) is 4.99 Å². The van der Waals surface area contributed by atoms with E-state index in [4.69, 9.17) is 4.99 Å². The van der Waals surface area contributed by atoms with Crippen LogP contribution in [-0.2, 0) is 0 Å². The van der Waals surface area contributed by atoms with E-state index in [0.717, 1.165) is 23.7 Å². The highest BCUT2D eigenvalue weighted by atomic mass is 14.9. The third kappa shape index (κ3) is 2.71. The Labute approximate surface area is 150 Å². The second kappa shape index (κ2) is 6.96. The second-order valence-electron chi connectivity index (χ2n) is 9.20. The van der Waals surface area contributed by atoms with Crippen molar-refractivity contribution >= 4 is 5.71 Å². The minimum Gasteiger partial charge on any atom is -0.285 e. The molecule has 0 radical (unpaired) electrons. The Kier molecular flexibility index (Phi) is 5.28. The lowest BCUT2D eigenvalue weighted by atomic mass is 9.60. The average Bonchev–Trinajstić information content (AvgIpc) is 2.98. The largest absolute Gasteiger partial charge is 0.285 e. The van der Waals surface area contributed by atoms with Crippen LogP contribution in [0.25, 0.3) is 0 Å². The van der Waals surface area contributed by atoms with Crippen LogP contribution in [0.15, 0.2) is 16.1 Å². The summed E-state index contributed by atoms with van der Waals surface area (Å²) in [4.78, 5) is 5.55. The van der Waals surface area contributed by atoms with Gasteiger partial charge in [-0.2, -0.15) is 0 Å². The number of rotatable bonds is 3. The predicted octanol–water partition coefficient (Wildman–Crippen LogP) is 6.54. The molecule has 0 N–H and O–H groups in total. The fourth-order valence-corrected chi connectivity index (χ4v) is 6.57. The van der Waals surface area contributed by atoms with E-state index in [2.05, 4.69) is 48.5 Å². The van der Waals surface area contributed by atoms with Gasteiger partial charge in [-0.15, -0.1) is 0 Å². The molecular weight excluding hydrogens is 290 g/mol. The number of nitrogens with zero attached hydrogens (tertiary/aromatic N) is 1. The van der Waals surface area contributed by atoms with E-state index in [1.807, 2.05) is 0 Å². The number of fused-ring (bicyclic) bond motifs is 1. The number of aliphatic imine (C=N–C) groups is 1. The molecule has 0 bridgehead atoms. The highest BCUT2D eigenvalue weighted by Crippen LogP contribution is 2.49. The van der Waals surface area contributed by atoms with Crippen LogP contribution in [-0.4, -0.2) is 11.8 Å². The topological polar surface area (TPSA) is 12.4 Å². The molecule has 8 atom stereocenters. The average molecular weight is 330 g/mol. The van der Waals surface area contributed by atoms with Gasteiger partial charge in [0.1, 0.15) is 0 Å². The maximum atomic E-state index is 5.55. The van der Waals surface area contributed by atoms with Crippen LogP contribution in [0.3, 0.4) is 0 Å². The van der Waals surface area contributed by atoms with Gasteiger partial charge in [0.2, 0.25) is 0 Å². The van der Waals surface area contributed by atoms with Crippen molar-refractivity contribution in [2.45, 2.75) is 86.6 Å². The first-order valence-corrected chi connectivity index (χ1v) is 10.7. The van der Waals surface area contributed by atoms with Gasteiger partial charge in [-0.1, -0.05) is 66.4 Å². The standard InChI is InChI=1S/C23H39N/c1-8-18-14(4)15(5)22-21(16(18)6)17(7)19(9-2)23(24-22)20-12-10-11-13(20)3/h13-16,18-20,23H,8-12H2,1-7H3. The van der Waals surface area contributed by atoms with E-state index in [1.54, 1.807) is 11.1 Å². The lowest BCUT2D eigenvalue weighted by Crippen LogP contribution is -2.45. The molecule has 0 aromatic rings. The van der Waals surface area contributed by atoms with Gasteiger partial charge < -0.3 is 0 Å². The van der Waals surface area contributed by atoms with Crippen molar-refractivity contribution in [3.8, 4) is 0 Å². The Morgan fingerprint density at radius 2 is 1.67 bits per heavy atom. The van der Waals surface area contributed by atoms with Gasteiger partial charge in [0.05, 0.1) is 6.04 Å². The van der Waals surface area contributed by atoms with Crippen LogP contribution >= 0.6 is 0 Å². The molecule has 1 nitrogen and oxygen atoms in total. The SMILES string of the molecule is CCC1C(C)=C2C(=NC1C1CCCC1C)C(C)C(C)C(CC)C2C. The Hall–Kier alpha value is -0.590. The smallest absolute Gasteiger partial charge is 0.0599 e. The highest BCUT2D eigenvalue weighted by Gasteiger charge is 2.45. The first-order valence-electron chi connectivity index (χ1n) is 10.7. The third-order valence-electron chi connectivity index (χ3n) is 8.23. The summed E-state index contributed by atoms with van der Waals surface area (Å²) in [5.41, 5.74) is 4.88. The Morgan fingerprint density at radius 1 is 0.958 bits per heavy atom. The maximum Gasteiger partial charge on any atom is 0.0599 e. The van der Waals surface area contributed by atoms with Crippen LogP contribution in [0, 0.1) is 41.4 Å². The zero-order valence-electron chi connectivity index (χ0n) is 17.1. The summed E-state index contributed by atoms with van der Waals surface area (Å²) in [5, 5.41) is 0. The molecule has 3 rings (SSSR count). The van der Waals surface area contributed by atoms with E-state index >= 15 is 0 Å². The minimum absolute atomic E-state index is 0.561. The molecule has 24 heavy (non-hydrogen) atoms. The van der Waals surface area contributed by atoms with Crippen molar-refractivity contribution in [3.05, 3.63) is 11.1 Å². The number of hydrogen-bond donors (Lipinski definition) is 0. The molecule has 1 heteroatoms. The summed E-state index contributed by atoms with van der Waals surface area (Å²) >= 11 is 0. The second-order valence-corrected chi connectivity index (χ2v) is 9.20.